The molecule has 0 bridgehead atoms. The van der Waals surface area contributed by atoms with E-state index in [1.54, 1.807) is 17.3 Å². The Kier molecular flexibility index (Phi) is 5.32. The van der Waals surface area contributed by atoms with Crippen molar-refractivity contribution in [1.82, 2.24) is 14.9 Å². The number of aromatic nitrogens is 2. The quantitative estimate of drug-likeness (QED) is 0.920. The number of piperazine rings is 1. The van der Waals surface area contributed by atoms with E-state index in [-0.39, 0.29) is 11.9 Å². The van der Waals surface area contributed by atoms with E-state index in [1.165, 1.54) is 5.56 Å². The molecule has 1 aromatic heterocycles. The molecule has 1 aromatic carbocycles. The molecule has 0 unspecified atom stereocenters. The van der Waals surface area contributed by atoms with E-state index in [0.717, 1.165) is 11.4 Å². The molecule has 0 aliphatic carbocycles. The monoisotopic (exact) mass is 350 g/mol. The number of amides is 2. The summed E-state index contributed by atoms with van der Waals surface area (Å²) in [6.45, 7) is 6.94. The fourth-order valence-electron chi connectivity index (χ4n) is 2.86. The van der Waals surface area contributed by atoms with Gasteiger partial charge < -0.3 is 15.1 Å². The zero-order chi connectivity index (χ0) is 18.5. The Bertz CT molecular complexity index is 786. The van der Waals surface area contributed by atoms with E-state index in [1.807, 2.05) is 30.3 Å². The van der Waals surface area contributed by atoms with Crippen LogP contribution in [0, 0.1) is 11.3 Å². The Morgan fingerprint density at radius 3 is 2.27 bits per heavy atom. The first-order valence-corrected chi connectivity index (χ1v) is 8.70. The number of urea groups is 1. The number of nitrogens with one attached hydrogen (secondary N) is 1. The van der Waals surface area contributed by atoms with Gasteiger partial charge in [-0.25, -0.2) is 14.8 Å². The molecule has 0 spiro atoms. The summed E-state index contributed by atoms with van der Waals surface area (Å²) < 4.78 is 0. The van der Waals surface area contributed by atoms with Crippen LogP contribution in [0.4, 0.5) is 16.2 Å². The Morgan fingerprint density at radius 2 is 1.73 bits per heavy atom. The van der Waals surface area contributed by atoms with Crippen molar-refractivity contribution in [3.8, 4) is 6.07 Å². The highest BCUT2D eigenvalue weighted by Gasteiger charge is 2.21. The first kappa shape index (κ1) is 17.7. The summed E-state index contributed by atoms with van der Waals surface area (Å²) in [6, 6.07) is 9.80. The zero-order valence-electron chi connectivity index (χ0n) is 15.0. The van der Waals surface area contributed by atoms with Crippen LogP contribution in [0.5, 0.6) is 0 Å². The number of nitrogens with zero attached hydrogens (tertiary/aromatic N) is 5. The molecule has 1 fully saturated rings. The summed E-state index contributed by atoms with van der Waals surface area (Å²) in [7, 11) is 0. The molecule has 7 heteroatoms. The van der Waals surface area contributed by atoms with Gasteiger partial charge in [0.25, 0.3) is 0 Å². The first-order valence-electron chi connectivity index (χ1n) is 8.70. The molecule has 1 aliphatic heterocycles. The summed E-state index contributed by atoms with van der Waals surface area (Å²) in [6.07, 6.45) is 3.30. The Labute approximate surface area is 153 Å². The van der Waals surface area contributed by atoms with Crippen LogP contribution >= 0.6 is 0 Å². The topological polar surface area (TPSA) is 85.2 Å². The standard InChI is InChI=1S/C19H22N6O/c1-14(2)15-3-5-16(6-4-15)23-19(26)25-9-7-24(8-10-25)17-12-21-18(11-20)22-13-17/h3-6,12-14H,7-10H2,1-2H3,(H,23,26). The number of carbonyl (C=O) groups is 1. The van der Waals surface area contributed by atoms with Gasteiger partial charge in [-0.05, 0) is 23.6 Å². The lowest BCUT2D eigenvalue weighted by atomic mass is 10.0. The molecular weight excluding hydrogens is 328 g/mol. The minimum absolute atomic E-state index is 0.0852. The highest BCUT2D eigenvalue weighted by Crippen LogP contribution is 2.18. The van der Waals surface area contributed by atoms with Gasteiger partial charge in [0.1, 0.15) is 6.07 Å². The van der Waals surface area contributed by atoms with E-state index in [2.05, 4.69) is 34.0 Å². The average molecular weight is 350 g/mol. The molecule has 1 aliphatic rings. The maximum absolute atomic E-state index is 12.4. The fraction of sp³-hybridized carbons (Fsp3) is 0.368. The third kappa shape index (κ3) is 4.09. The smallest absolute Gasteiger partial charge is 0.321 e. The second-order valence-corrected chi connectivity index (χ2v) is 6.56. The van der Waals surface area contributed by atoms with E-state index < -0.39 is 0 Å². The number of carbonyl (C=O) groups excluding carboxylic acids is 1. The number of nitriles is 1. The molecule has 2 amide bonds. The molecule has 0 saturated carbocycles. The van der Waals surface area contributed by atoms with E-state index in [4.69, 9.17) is 5.26 Å². The summed E-state index contributed by atoms with van der Waals surface area (Å²) in [5.41, 5.74) is 2.93. The lowest BCUT2D eigenvalue weighted by Crippen LogP contribution is -2.50. The van der Waals surface area contributed by atoms with Crippen LogP contribution in [0.2, 0.25) is 0 Å². The van der Waals surface area contributed by atoms with Crippen molar-refractivity contribution in [3.05, 3.63) is 48.0 Å². The van der Waals surface area contributed by atoms with Crippen LogP contribution < -0.4 is 10.2 Å². The predicted octanol–water partition coefficient (Wildman–Crippen LogP) is 2.83. The molecule has 1 N–H and O–H groups in total. The molecular formula is C19H22N6O. The van der Waals surface area contributed by atoms with Gasteiger partial charge in [-0.1, -0.05) is 26.0 Å². The van der Waals surface area contributed by atoms with Crippen molar-refractivity contribution in [3.63, 3.8) is 0 Å². The van der Waals surface area contributed by atoms with Crippen LogP contribution in [-0.2, 0) is 0 Å². The third-order valence-electron chi connectivity index (χ3n) is 4.50. The fourth-order valence-corrected chi connectivity index (χ4v) is 2.86. The van der Waals surface area contributed by atoms with Gasteiger partial charge in [-0.2, -0.15) is 5.26 Å². The van der Waals surface area contributed by atoms with Crippen LogP contribution in [0.25, 0.3) is 0 Å². The molecule has 134 valence electrons. The number of benzene rings is 1. The van der Waals surface area contributed by atoms with Crippen molar-refractivity contribution in [1.29, 1.82) is 5.26 Å². The van der Waals surface area contributed by atoms with Gasteiger partial charge in [-0.15, -0.1) is 0 Å². The van der Waals surface area contributed by atoms with Crippen LogP contribution in [0.1, 0.15) is 31.2 Å². The molecule has 1 saturated heterocycles. The summed E-state index contributed by atoms with van der Waals surface area (Å²) in [4.78, 5) is 24.4. The Hall–Kier alpha value is -3.14. The SMILES string of the molecule is CC(C)c1ccc(NC(=O)N2CCN(c3cnc(C#N)nc3)CC2)cc1. The van der Waals surface area contributed by atoms with E-state index in [0.29, 0.717) is 32.1 Å². The number of anilines is 2. The lowest BCUT2D eigenvalue weighted by Gasteiger charge is -2.35. The normalized spacial score (nSPS) is 14.2. The van der Waals surface area contributed by atoms with Gasteiger partial charge >= 0.3 is 6.03 Å². The molecule has 7 nitrogen and oxygen atoms in total. The van der Waals surface area contributed by atoms with Crippen LogP contribution in [0.15, 0.2) is 36.7 Å². The molecule has 2 heterocycles. The number of rotatable bonds is 3. The number of hydrogen-bond acceptors (Lipinski definition) is 5. The largest absolute Gasteiger partial charge is 0.365 e. The van der Waals surface area contributed by atoms with E-state index >= 15 is 0 Å². The zero-order valence-corrected chi connectivity index (χ0v) is 15.0. The first-order chi connectivity index (χ1) is 12.6. The van der Waals surface area contributed by atoms with Crippen LogP contribution in [-0.4, -0.2) is 47.1 Å². The van der Waals surface area contributed by atoms with Gasteiger partial charge in [0, 0.05) is 31.9 Å². The summed E-state index contributed by atoms with van der Waals surface area (Å²) in [5.74, 6) is 0.634. The Morgan fingerprint density at radius 1 is 1.12 bits per heavy atom. The lowest BCUT2D eigenvalue weighted by molar-refractivity contribution is 0.208. The Balaban J connectivity index is 1.53. The molecule has 0 atom stereocenters. The summed E-state index contributed by atoms with van der Waals surface area (Å²) >= 11 is 0. The highest BCUT2D eigenvalue weighted by atomic mass is 16.2. The second-order valence-electron chi connectivity index (χ2n) is 6.56. The van der Waals surface area contributed by atoms with Crippen molar-refractivity contribution < 1.29 is 4.79 Å². The van der Waals surface area contributed by atoms with Gasteiger partial charge in [0.2, 0.25) is 5.82 Å². The third-order valence-corrected chi connectivity index (χ3v) is 4.50. The van der Waals surface area contributed by atoms with Crippen molar-refractivity contribution in [2.75, 3.05) is 36.4 Å². The van der Waals surface area contributed by atoms with Gasteiger partial charge in [-0.3, -0.25) is 0 Å². The minimum atomic E-state index is -0.0852. The molecule has 0 radical (unpaired) electrons. The maximum atomic E-state index is 12.4. The average Bonchev–Trinajstić information content (AvgIpc) is 2.68. The van der Waals surface area contributed by atoms with Crippen molar-refractivity contribution in [2.24, 2.45) is 0 Å². The molecule has 3 rings (SSSR count). The van der Waals surface area contributed by atoms with E-state index in [9.17, 15) is 4.79 Å². The van der Waals surface area contributed by atoms with Crippen LogP contribution in [0.3, 0.4) is 0 Å². The predicted molar refractivity (Wildman–Crippen MR) is 100 cm³/mol. The highest BCUT2D eigenvalue weighted by molar-refractivity contribution is 5.89. The maximum Gasteiger partial charge on any atom is 0.321 e. The summed E-state index contributed by atoms with van der Waals surface area (Å²) in [5, 5.41) is 11.7. The minimum Gasteiger partial charge on any atom is -0.365 e. The van der Waals surface area contributed by atoms with Gasteiger partial charge in [0.15, 0.2) is 0 Å². The molecule has 26 heavy (non-hydrogen) atoms. The van der Waals surface area contributed by atoms with Gasteiger partial charge in [0.05, 0.1) is 18.1 Å². The second kappa shape index (κ2) is 7.83. The van der Waals surface area contributed by atoms with Crippen molar-refractivity contribution in [2.45, 2.75) is 19.8 Å². The molecule has 2 aromatic rings. The van der Waals surface area contributed by atoms with Crippen molar-refractivity contribution >= 4 is 17.4 Å². The number of hydrogen-bond donors (Lipinski definition) is 1.